The fourth-order valence-electron chi connectivity index (χ4n) is 11.0. The molecular formula is C48H75ClN12O5S2Si. The molecule has 2 aromatic carbocycles. The van der Waals surface area contributed by atoms with Crippen molar-refractivity contribution in [3.8, 4) is 0 Å². The van der Waals surface area contributed by atoms with Gasteiger partial charge in [-0.1, -0.05) is 31.8 Å². The molecule has 0 spiro atoms. The zero-order valence-electron chi connectivity index (χ0n) is 41.9. The largest absolute Gasteiger partial charge is 0.359 e. The molecule has 2 saturated heterocycles. The molecule has 4 N–H and O–H groups in total. The number of halogens is 1. The maximum atomic E-state index is 13.0. The lowest BCUT2D eigenvalue weighted by Gasteiger charge is -2.19. The number of aromatic amines is 1. The topological polar surface area (TPSA) is 196 Å². The van der Waals surface area contributed by atoms with Crippen molar-refractivity contribution in [2.24, 2.45) is 11.8 Å². The van der Waals surface area contributed by atoms with Crippen LogP contribution in [0.1, 0.15) is 83.0 Å². The maximum Gasteiger partial charge on any atom is 0.298 e. The molecule has 6 aliphatic rings. The summed E-state index contributed by atoms with van der Waals surface area (Å²) in [6, 6.07) is 5.75. The highest BCUT2D eigenvalue weighted by Crippen LogP contribution is 2.41. The Morgan fingerprint density at radius 2 is 1.30 bits per heavy atom. The van der Waals surface area contributed by atoms with E-state index in [1.54, 1.807) is 7.05 Å². The van der Waals surface area contributed by atoms with Crippen molar-refractivity contribution < 1.29 is 21.6 Å². The van der Waals surface area contributed by atoms with Crippen molar-refractivity contribution in [3.63, 3.8) is 0 Å². The second kappa shape index (κ2) is 22.1. The number of benzene rings is 2. The predicted octanol–water partition coefficient (Wildman–Crippen LogP) is 6.49. The van der Waals surface area contributed by atoms with Crippen molar-refractivity contribution in [2.75, 3.05) is 84.7 Å². The van der Waals surface area contributed by atoms with Gasteiger partial charge in [0.2, 0.25) is 11.9 Å². The van der Waals surface area contributed by atoms with Crippen LogP contribution in [0.15, 0.2) is 22.4 Å². The van der Waals surface area contributed by atoms with Crippen LogP contribution in [0.2, 0.25) is 25.7 Å². The van der Waals surface area contributed by atoms with Gasteiger partial charge in [-0.2, -0.15) is 14.3 Å². The lowest BCUT2D eigenvalue weighted by molar-refractivity contribution is 0.0792. The highest BCUT2D eigenvalue weighted by atomic mass is 35.7. The van der Waals surface area contributed by atoms with Crippen molar-refractivity contribution in [2.45, 2.75) is 133 Å². The van der Waals surface area contributed by atoms with Gasteiger partial charge in [0.1, 0.15) is 6.73 Å². The number of aryl methyl sites for hydroxylation is 4. The molecule has 2 aromatic heterocycles. The number of fused-ring (bicyclic) bond motifs is 4. The Hall–Kier alpha value is -3.47. The molecule has 69 heavy (non-hydrogen) atoms. The second-order valence-corrected chi connectivity index (χ2v) is 31.4. The molecule has 2 unspecified atom stereocenters. The van der Waals surface area contributed by atoms with Crippen molar-refractivity contribution in [1.29, 1.82) is 0 Å². The van der Waals surface area contributed by atoms with Crippen molar-refractivity contribution in [3.05, 3.63) is 56.6 Å². The molecule has 0 bridgehead atoms. The number of anilines is 4. The van der Waals surface area contributed by atoms with Gasteiger partial charge in [-0.05, 0) is 193 Å². The molecular weight excluding hydrogens is 952 g/mol. The molecule has 2 aliphatic heterocycles. The van der Waals surface area contributed by atoms with Crippen LogP contribution in [0.4, 0.5) is 23.3 Å². The summed E-state index contributed by atoms with van der Waals surface area (Å²) in [6.45, 7) is 13.8. The van der Waals surface area contributed by atoms with Crippen LogP contribution in [-0.4, -0.2) is 143 Å². The number of likely N-dealkylation sites (tertiary alicyclic amines) is 2. The van der Waals surface area contributed by atoms with Gasteiger partial charge in [-0.3, -0.25) is 0 Å². The summed E-state index contributed by atoms with van der Waals surface area (Å²) in [4.78, 5) is 13.2. The van der Waals surface area contributed by atoms with E-state index in [0.29, 0.717) is 31.0 Å². The molecule has 0 radical (unpaired) electrons. The van der Waals surface area contributed by atoms with E-state index < -0.39 is 32.3 Å². The number of aromatic nitrogens is 6. The minimum absolute atomic E-state index is 0.0944. The molecule has 21 heteroatoms. The van der Waals surface area contributed by atoms with Crippen molar-refractivity contribution in [1.82, 2.24) is 49.4 Å². The Kier molecular flexibility index (Phi) is 16.6. The fraction of sp³-hybridized carbons (Fsp3) is 0.667. The Morgan fingerprint density at radius 1 is 0.783 bits per heavy atom. The standard InChI is InChI=1S/C21H30N6O2S.C20H29ClN4O3SSi.C7H16N2/c1-26-10-9-14(12-26)13-27(2)30(28,29)21-23-20(24-25-21)22-19-17-7-3-5-15(17)11-16-6-4-8-18(16)19;1-30(2,3)11-10-28-13-25-19(23-20(24-25)29(21,26)27)22-18-16-8-4-6-14(16)12-15-7-5-9-17(15)18;1-8-5-7-3-4-9(2)6-7/h11,14H,3-10,12-13H2,1-2H3,(H2,22,23,24,25);12H,4-11,13H2,1-3H3,(H,22,23,24);7-8H,3-6H2,1-2H3. The van der Waals surface area contributed by atoms with Gasteiger partial charge in [0, 0.05) is 63.4 Å². The van der Waals surface area contributed by atoms with Gasteiger partial charge in [0.05, 0.1) is 0 Å². The summed E-state index contributed by atoms with van der Waals surface area (Å²) in [5, 5.41) is 20.5. The quantitative estimate of drug-likeness (QED) is 0.0540. The van der Waals surface area contributed by atoms with Crippen LogP contribution in [0.25, 0.3) is 0 Å². The van der Waals surface area contributed by atoms with E-state index >= 15 is 0 Å². The zero-order valence-corrected chi connectivity index (χ0v) is 45.3. The number of rotatable bonds is 16. The third-order valence-corrected chi connectivity index (χ3v) is 19.0. The highest BCUT2D eigenvalue weighted by Gasteiger charge is 2.32. The van der Waals surface area contributed by atoms with Crippen molar-refractivity contribution >= 4 is 61.1 Å². The van der Waals surface area contributed by atoms with Crippen LogP contribution < -0.4 is 16.0 Å². The van der Waals surface area contributed by atoms with Crippen LogP contribution in [0.5, 0.6) is 0 Å². The summed E-state index contributed by atoms with van der Waals surface area (Å²) in [5.74, 6) is 1.94. The number of nitrogens with zero attached hydrogens (tertiary/aromatic N) is 8. The molecule has 2 fully saturated rings. The molecule has 4 aliphatic carbocycles. The monoisotopic (exact) mass is 1030 g/mol. The van der Waals surface area contributed by atoms with E-state index in [1.165, 1.54) is 92.4 Å². The first kappa shape index (κ1) is 51.9. The van der Waals surface area contributed by atoms with E-state index in [4.69, 9.17) is 15.4 Å². The molecule has 4 heterocycles. The lowest BCUT2D eigenvalue weighted by Crippen LogP contribution is -2.33. The van der Waals surface area contributed by atoms with Crippen LogP contribution in [0.3, 0.4) is 0 Å². The number of nitrogens with one attached hydrogen (secondary N) is 4. The summed E-state index contributed by atoms with van der Waals surface area (Å²) in [5.41, 5.74) is 13.2. The van der Waals surface area contributed by atoms with Gasteiger partial charge in [-0.25, -0.2) is 26.6 Å². The Bertz CT molecular complexity index is 2610. The number of hydrogen-bond acceptors (Lipinski definition) is 14. The minimum Gasteiger partial charge on any atom is -0.359 e. The number of ether oxygens (including phenoxy) is 1. The molecule has 10 rings (SSSR count). The van der Waals surface area contributed by atoms with Gasteiger partial charge < -0.3 is 30.5 Å². The average molecular weight is 1030 g/mol. The van der Waals surface area contributed by atoms with Gasteiger partial charge in [0.25, 0.3) is 29.4 Å². The molecule has 0 amide bonds. The summed E-state index contributed by atoms with van der Waals surface area (Å²) >= 11 is 0. The number of H-pyrrole nitrogens is 1. The summed E-state index contributed by atoms with van der Waals surface area (Å²) in [7, 11) is 4.49. The fourth-order valence-corrected chi connectivity index (χ4v) is 13.4. The third kappa shape index (κ3) is 12.8. The molecule has 380 valence electrons. The second-order valence-electron chi connectivity index (χ2n) is 21.4. The van der Waals surface area contributed by atoms with E-state index in [-0.39, 0.29) is 11.9 Å². The van der Waals surface area contributed by atoms with Crippen LogP contribution in [-0.2, 0) is 81.9 Å². The number of sulfonamides is 1. The molecule has 2 atom stereocenters. The van der Waals surface area contributed by atoms with Gasteiger partial charge >= 0.3 is 0 Å². The first-order valence-corrected chi connectivity index (χ1v) is 32.6. The van der Waals surface area contributed by atoms with E-state index in [0.717, 1.165) is 107 Å². The highest BCUT2D eigenvalue weighted by molar-refractivity contribution is 8.13. The van der Waals surface area contributed by atoms with E-state index in [2.05, 4.69) is 96.9 Å². The Labute approximate surface area is 415 Å². The smallest absolute Gasteiger partial charge is 0.298 e. The zero-order chi connectivity index (χ0) is 49.1. The SMILES string of the molecule is CN1CCC(CN(C)S(=O)(=O)c2nc(Nc3c4c(cc5c3CCC5)CCC4)n[nH]2)C1.CNCC1CCN(C)C1.C[Si](C)(C)CCOCn1nc(S(=O)(=O)Cl)nc1Nc1c2c(cc3c1CCC3)CCC2. The molecule has 0 saturated carbocycles. The number of hydrogen-bond donors (Lipinski definition) is 4. The first-order chi connectivity index (χ1) is 32.9. The average Bonchev–Trinajstić information content (AvgIpc) is 4.13. The van der Waals surface area contributed by atoms with Crippen LogP contribution in [0, 0.1) is 11.8 Å². The Balaban J connectivity index is 0.000000158. The maximum absolute atomic E-state index is 13.0. The van der Waals surface area contributed by atoms with E-state index in [9.17, 15) is 16.8 Å². The van der Waals surface area contributed by atoms with Crippen LogP contribution >= 0.6 is 10.7 Å². The summed E-state index contributed by atoms with van der Waals surface area (Å²) in [6.07, 6.45) is 15.6. The van der Waals surface area contributed by atoms with Gasteiger partial charge in [0.15, 0.2) is 0 Å². The minimum atomic E-state index is -4.03. The van der Waals surface area contributed by atoms with E-state index in [1.807, 2.05) is 7.05 Å². The Morgan fingerprint density at radius 3 is 1.78 bits per heavy atom. The molecule has 4 aromatic rings. The normalized spacial score (nSPS) is 20.1. The molecule has 17 nitrogen and oxygen atoms in total. The van der Waals surface area contributed by atoms with Gasteiger partial charge in [-0.15, -0.1) is 10.2 Å². The first-order valence-electron chi connectivity index (χ1n) is 25.1. The summed E-state index contributed by atoms with van der Waals surface area (Å²) < 4.78 is 58.4. The lowest BCUT2D eigenvalue weighted by atomic mass is 9.99. The predicted molar refractivity (Wildman–Crippen MR) is 276 cm³/mol. The third-order valence-electron chi connectivity index (χ3n) is 14.6.